The number of benzene rings is 1. The molecule has 124 valence electrons. The molecule has 1 fully saturated rings. The first-order valence-electron chi connectivity index (χ1n) is 7.50. The number of nitrogens with zero attached hydrogens (tertiary/aromatic N) is 2. The minimum atomic E-state index is 0. The number of rotatable bonds is 6. The first-order chi connectivity index (χ1) is 10.3. The second-order valence-corrected chi connectivity index (χ2v) is 6.63. The number of ether oxygens (including phenoxy) is 1. The first-order valence-corrected chi connectivity index (χ1v) is 8.65. The van der Waals surface area contributed by atoms with E-state index in [1.165, 1.54) is 5.56 Å². The molecular weight excluding hydrogens is 409 g/mol. The maximum absolute atomic E-state index is 6.04. The van der Waals surface area contributed by atoms with Crippen LogP contribution in [0.5, 0.6) is 0 Å². The number of thioether (sulfide) groups is 1. The zero-order chi connectivity index (χ0) is 14.9. The highest BCUT2D eigenvalue weighted by Gasteiger charge is 2.12. The summed E-state index contributed by atoms with van der Waals surface area (Å²) < 4.78 is 5.73. The van der Waals surface area contributed by atoms with Crippen LogP contribution in [0.3, 0.4) is 0 Å². The molecule has 1 aromatic carbocycles. The first kappa shape index (κ1) is 19.6. The molecule has 1 aromatic rings. The SMILES string of the molecule is CC(CN=C(N)N1CCSCC1)COCc1ccccc1.I. The Labute approximate surface area is 154 Å². The summed E-state index contributed by atoms with van der Waals surface area (Å²) in [5, 5.41) is 0. The lowest BCUT2D eigenvalue weighted by Gasteiger charge is -2.27. The van der Waals surface area contributed by atoms with Gasteiger partial charge in [0.15, 0.2) is 5.96 Å². The van der Waals surface area contributed by atoms with E-state index in [1.54, 1.807) is 0 Å². The number of hydrogen-bond donors (Lipinski definition) is 1. The smallest absolute Gasteiger partial charge is 0.191 e. The Morgan fingerprint density at radius 3 is 2.68 bits per heavy atom. The van der Waals surface area contributed by atoms with Crippen molar-refractivity contribution >= 4 is 41.7 Å². The maximum atomic E-state index is 6.04. The van der Waals surface area contributed by atoms with Gasteiger partial charge in [-0.2, -0.15) is 11.8 Å². The molecule has 2 rings (SSSR count). The van der Waals surface area contributed by atoms with Crippen molar-refractivity contribution in [2.24, 2.45) is 16.6 Å². The van der Waals surface area contributed by atoms with E-state index in [2.05, 4.69) is 28.9 Å². The molecule has 1 unspecified atom stereocenters. The average Bonchev–Trinajstić information content (AvgIpc) is 2.54. The van der Waals surface area contributed by atoms with Crippen molar-refractivity contribution in [2.45, 2.75) is 13.5 Å². The van der Waals surface area contributed by atoms with E-state index in [4.69, 9.17) is 10.5 Å². The third-order valence-corrected chi connectivity index (χ3v) is 4.36. The minimum absolute atomic E-state index is 0. The molecule has 0 saturated carbocycles. The van der Waals surface area contributed by atoms with Crippen molar-refractivity contribution in [1.29, 1.82) is 0 Å². The van der Waals surface area contributed by atoms with E-state index < -0.39 is 0 Å². The van der Waals surface area contributed by atoms with Crippen molar-refractivity contribution in [3.63, 3.8) is 0 Å². The molecule has 0 aliphatic carbocycles. The summed E-state index contributed by atoms with van der Waals surface area (Å²) in [7, 11) is 0. The molecule has 6 heteroatoms. The van der Waals surface area contributed by atoms with Crippen molar-refractivity contribution < 1.29 is 4.74 Å². The van der Waals surface area contributed by atoms with Crippen molar-refractivity contribution in [3.8, 4) is 0 Å². The predicted molar refractivity (Wildman–Crippen MR) is 106 cm³/mol. The Morgan fingerprint density at radius 2 is 2.00 bits per heavy atom. The summed E-state index contributed by atoms with van der Waals surface area (Å²) in [4.78, 5) is 6.68. The van der Waals surface area contributed by atoms with E-state index in [1.807, 2.05) is 30.0 Å². The zero-order valence-corrected chi connectivity index (χ0v) is 16.3. The normalized spacial score (nSPS) is 17.0. The van der Waals surface area contributed by atoms with Crippen LogP contribution >= 0.6 is 35.7 Å². The average molecular weight is 435 g/mol. The number of nitrogens with two attached hydrogens (primary N) is 1. The second kappa shape index (κ2) is 11.1. The molecule has 22 heavy (non-hydrogen) atoms. The minimum Gasteiger partial charge on any atom is -0.376 e. The Morgan fingerprint density at radius 1 is 1.32 bits per heavy atom. The third-order valence-electron chi connectivity index (χ3n) is 3.41. The van der Waals surface area contributed by atoms with Gasteiger partial charge in [-0.05, 0) is 11.5 Å². The predicted octanol–water partition coefficient (Wildman–Crippen LogP) is 2.82. The lowest BCUT2D eigenvalue weighted by atomic mass is 10.2. The summed E-state index contributed by atoms with van der Waals surface area (Å²) in [5.41, 5.74) is 7.25. The van der Waals surface area contributed by atoms with Gasteiger partial charge in [0.1, 0.15) is 0 Å². The van der Waals surface area contributed by atoms with Crippen LogP contribution in [-0.4, -0.2) is 48.6 Å². The van der Waals surface area contributed by atoms with Crippen LogP contribution in [0, 0.1) is 5.92 Å². The van der Waals surface area contributed by atoms with Crippen LogP contribution in [0.2, 0.25) is 0 Å². The summed E-state index contributed by atoms with van der Waals surface area (Å²) in [6.45, 7) is 6.27. The summed E-state index contributed by atoms with van der Waals surface area (Å²) in [6, 6.07) is 10.2. The van der Waals surface area contributed by atoms with Gasteiger partial charge in [-0.1, -0.05) is 37.3 Å². The van der Waals surface area contributed by atoms with E-state index in [0.29, 0.717) is 25.1 Å². The second-order valence-electron chi connectivity index (χ2n) is 5.40. The van der Waals surface area contributed by atoms with Gasteiger partial charge in [0.2, 0.25) is 0 Å². The Kier molecular flexibility index (Phi) is 9.90. The van der Waals surface area contributed by atoms with Crippen LogP contribution in [0.25, 0.3) is 0 Å². The molecule has 1 heterocycles. The molecule has 0 radical (unpaired) electrons. The van der Waals surface area contributed by atoms with Gasteiger partial charge < -0.3 is 15.4 Å². The van der Waals surface area contributed by atoms with Crippen LogP contribution in [0.4, 0.5) is 0 Å². The maximum Gasteiger partial charge on any atom is 0.191 e. The number of hydrogen-bond acceptors (Lipinski definition) is 3. The van der Waals surface area contributed by atoms with Gasteiger partial charge >= 0.3 is 0 Å². The fourth-order valence-electron chi connectivity index (χ4n) is 2.15. The highest BCUT2D eigenvalue weighted by atomic mass is 127. The topological polar surface area (TPSA) is 50.8 Å². The third kappa shape index (κ3) is 7.19. The fraction of sp³-hybridized carbons (Fsp3) is 0.562. The van der Waals surface area contributed by atoms with E-state index in [9.17, 15) is 0 Å². The quantitative estimate of drug-likeness (QED) is 0.424. The molecule has 0 aromatic heterocycles. The summed E-state index contributed by atoms with van der Waals surface area (Å²) >= 11 is 1.98. The number of aliphatic imine (C=N–C) groups is 1. The summed E-state index contributed by atoms with van der Waals surface area (Å²) in [5.74, 6) is 3.36. The van der Waals surface area contributed by atoms with E-state index in [0.717, 1.165) is 31.1 Å². The van der Waals surface area contributed by atoms with Crippen molar-refractivity contribution in [2.75, 3.05) is 37.7 Å². The molecule has 4 nitrogen and oxygen atoms in total. The Balaban J connectivity index is 0.00000242. The van der Waals surface area contributed by atoms with E-state index in [-0.39, 0.29) is 24.0 Å². The molecule has 1 aliphatic heterocycles. The van der Waals surface area contributed by atoms with Gasteiger partial charge in [0.25, 0.3) is 0 Å². The van der Waals surface area contributed by atoms with Gasteiger partial charge in [0, 0.05) is 31.1 Å². The lowest BCUT2D eigenvalue weighted by Crippen LogP contribution is -2.42. The lowest BCUT2D eigenvalue weighted by molar-refractivity contribution is 0.0944. The van der Waals surface area contributed by atoms with Crippen molar-refractivity contribution in [3.05, 3.63) is 35.9 Å². The molecule has 1 aliphatic rings. The largest absolute Gasteiger partial charge is 0.376 e. The molecule has 0 spiro atoms. The highest BCUT2D eigenvalue weighted by molar-refractivity contribution is 14.0. The van der Waals surface area contributed by atoms with Gasteiger partial charge in [-0.3, -0.25) is 4.99 Å². The van der Waals surface area contributed by atoms with Gasteiger partial charge in [-0.15, -0.1) is 24.0 Å². The van der Waals surface area contributed by atoms with Crippen LogP contribution < -0.4 is 5.73 Å². The Hall–Kier alpha value is -0.470. The molecular formula is C16H26IN3OS. The number of guanidine groups is 1. The van der Waals surface area contributed by atoms with Gasteiger partial charge in [0.05, 0.1) is 13.2 Å². The van der Waals surface area contributed by atoms with Crippen LogP contribution in [-0.2, 0) is 11.3 Å². The molecule has 2 N–H and O–H groups in total. The van der Waals surface area contributed by atoms with Gasteiger partial charge in [-0.25, -0.2) is 0 Å². The molecule has 1 saturated heterocycles. The highest BCUT2D eigenvalue weighted by Crippen LogP contribution is 2.09. The van der Waals surface area contributed by atoms with Crippen LogP contribution in [0.1, 0.15) is 12.5 Å². The van der Waals surface area contributed by atoms with Crippen molar-refractivity contribution in [1.82, 2.24) is 4.90 Å². The fourth-order valence-corrected chi connectivity index (χ4v) is 3.05. The standard InChI is InChI=1S/C16H25N3OS.HI/c1-14(12-20-13-15-5-3-2-4-6-15)11-18-16(17)19-7-9-21-10-8-19;/h2-6,14H,7-13H2,1H3,(H2,17,18);1H. The molecule has 0 bridgehead atoms. The van der Waals surface area contributed by atoms with E-state index >= 15 is 0 Å². The monoisotopic (exact) mass is 435 g/mol. The Bertz CT molecular complexity index is 438. The summed E-state index contributed by atoms with van der Waals surface area (Å²) in [6.07, 6.45) is 0. The van der Waals surface area contributed by atoms with Crippen LogP contribution in [0.15, 0.2) is 35.3 Å². The molecule has 0 amide bonds. The number of halogens is 1. The zero-order valence-electron chi connectivity index (χ0n) is 13.1. The molecule has 1 atom stereocenters.